The number of hydrogen-bond donors (Lipinski definition) is 1. The molecule has 242 valence electrons. The minimum absolute atomic E-state index is 0.0294. The predicted octanol–water partition coefficient (Wildman–Crippen LogP) is 7.52. The van der Waals surface area contributed by atoms with E-state index in [0.717, 1.165) is 29.8 Å². The lowest BCUT2D eigenvalue weighted by molar-refractivity contribution is -0.142. The first-order valence-electron chi connectivity index (χ1n) is 15.9. The number of carbonyl (C=O) groups excluding carboxylic acids is 1. The number of amides is 1. The Morgan fingerprint density at radius 3 is 1.67 bits per heavy atom. The van der Waals surface area contributed by atoms with E-state index < -0.39 is 12.6 Å². The lowest BCUT2D eigenvalue weighted by atomic mass is 9.96. The maximum atomic E-state index is 13.4. The van der Waals surface area contributed by atoms with Crippen molar-refractivity contribution in [1.29, 1.82) is 0 Å². The van der Waals surface area contributed by atoms with Crippen LogP contribution in [0.25, 0.3) is 11.1 Å². The highest BCUT2D eigenvalue weighted by Gasteiger charge is 2.28. The fourth-order valence-electron chi connectivity index (χ4n) is 5.91. The van der Waals surface area contributed by atoms with Gasteiger partial charge in [-0.25, -0.2) is 4.79 Å². The summed E-state index contributed by atoms with van der Waals surface area (Å²) in [5.41, 5.74) is 6.63. The molecule has 8 nitrogen and oxygen atoms in total. The number of benzene rings is 5. The van der Waals surface area contributed by atoms with Crippen molar-refractivity contribution in [2.24, 2.45) is 5.16 Å². The van der Waals surface area contributed by atoms with Crippen LogP contribution < -0.4 is 4.74 Å². The highest BCUT2D eigenvalue weighted by atomic mass is 16.6. The first-order chi connectivity index (χ1) is 23.4. The van der Waals surface area contributed by atoms with Crippen LogP contribution in [0, 0.1) is 0 Å². The number of carbonyl (C=O) groups is 2. The summed E-state index contributed by atoms with van der Waals surface area (Å²) in [6.45, 7) is 4.20. The normalized spacial score (nSPS) is 13.7. The summed E-state index contributed by atoms with van der Waals surface area (Å²) in [4.78, 5) is 33.3. The van der Waals surface area contributed by atoms with Gasteiger partial charge in [-0.05, 0) is 71.1 Å². The topological polar surface area (TPSA) is 91.7 Å². The highest BCUT2D eigenvalue weighted by molar-refractivity contribution is 5.98. The zero-order chi connectivity index (χ0) is 33.3. The van der Waals surface area contributed by atoms with E-state index in [1.54, 1.807) is 6.92 Å². The van der Waals surface area contributed by atoms with Crippen LogP contribution in [0.3, 0.4) is 0 Å². The van der Waals surface area contributed by atoms with E-state index >= 15 is 0 Å². The molecule has 0 radical (unpaired) electrons. The lowest BCUT2D eigenvalue weighted by Gasteiger charge is -2.39. The molecule has 0 aliphatic carbocycles. The van der Waals surface area contributed by atoms with Gasteiger partial charge in [-0.3, -0.25) is 9.69 Å². The van der Waals surface area contributed by atoms with E-state index in [4.69, 9.17) is 14.7 Å². The maximum Gasteiger partial charge on any atom is 0.344 e. The van der Waals surface area contributed by atoms with Gasteiger partial charge in [0.1, 0.15) is 11.5 Å². The summed E-state index contributed by atoms with van der Waals surface area (Å²) >= 11 is 0. The molecule has 0 atom stereocenters. The molecule has 1 amide bonds. The van der Waals surface area contributed by atoms with Crippen molar-refractivity contribution in [1.82, 2.24) is 9.80 Å². The van der Waals surface area contributed by atoms with E-state index in [-0.39, 0.29) is 11.9 Å². The van der Waals surface area contributed by atoms with Gasteiger partial charge < -0.3 is 19.6 Å². The van der Waals surface area contributed by atoms with Gasteiger partial charge in [0.2, 0.25) is 6.61 Å². The van der Waals surface area contributed by atoms with E-state index in [1.807, 2.05) is 89.8 Å². The van der Waals surface area contributed by atoms with Gasteiger partial charge in [-0.2, -0.15) is 0 Å². The summed E-state index contributed by atoms with van der Waals surface area (Å²) in [6, 6.07) is 44.2. The van der Waals surface area contributed by atoms with Crippen molar-refractivity contribution in [3.8, 4) is 22.6 Å². The molecule has 8 heteroatoms. The van der Waals surface area contributed by atoms with E-state index in [0.29, 0.717) is 35.9 Å². The molecule has 6 rings (SSSR count). The number of hydrogen-bond acceptors (Lipinski definition) is 6. The van der Waals surface area contributed by atoms with Crippen LogP contribution in [-0.2, 0) is 9.63 Å². The first-order valence-corrected chi connectivity index (χ1v) is 15.9. The van der Waals surface area contributed by atoms with Crippen molar-refractivity contribution in [2.45, 2.75) is 13.0 Å². The number of carboxylic acids is 1. The molecule has 0 bridgehead atoms. The van der Waals surface area contributed by atoms with E-state index in [9.17, 15) is 9.59 Å². The van der Waals surface area contributed by atoms with Gasteiger partial charge in [-0.15, -0.1) is 0 Å². The number of carboxylic acid groups (broad SMARTS) is 1. The minimum atomic E-state index is -1.07. The summed E-state index contributed by atoms with van der Waals surface area (Å²) in [5.74, 6) is 0.304. The fraction of sp³-hybridized carbons (Fsp3) is 0.175. The Labute approximate surface area is 280 Å². The molecule has 1 saturated heterocycles. The minimum Gasteiger partial charge on any atom is -0.479 e. The lowest BCUT2D eigenvalue weighted by Crippen LogP contribution is -2.49. The average molecular weight is 640 g/mol. The zero-order valence-electron chi connectivity index (χ0n) is 26.7. The van der Waals surface area contributed by atoms with Crippen LogP contribution in [0.4, 0.5) is 0 Å². The van der Waals surface area contributed by atoms with Gasteiger partial charge in [0.05, 0.1) is 11.8 Å². The van der Waals surface area contributed by atoms with E-state index in [2.05, 4.69) is 58.6 Å². The van der Waals surface area contributed by atoms with Crippen molar-refractivity contribution in [2.75, 3.05) is 32.8 Å². The van der Waals surface area contributed by atoms with Crippen LogP contribution in [0.5, 0.6) is 11.5 Å². The number of ether oxygens (including phenoxy) is 1. The van der Waals surface area contributed by atoms with Gasteiger partial charge in [-0.1, -0.05) is 102 Å². The monoisotopic (exact) mass is 639 g/mol. The molecule has 0 saturated carbocycles. The fourth-order valence-corrected chi connectivity index (χ4v) is 5.91. The summed E-state index contributed by atoms with van der Waals surface area (Å²) in [6.07, 6.45) is 0. The third-order valence-electron chi connectivity index (χ3n) is 8.41. The molecule has 0 spiro atoms. The first kappa shape index (κ1) is 32.2. The maximum absolute atomic E-state index is 13.4. The number of rotatable bonds is 11. The van der Waals surface area contributed by atoms with Crippen LogP contribution in [-0.4, -0.2) is 65.3 Å². The van der Waals surface area contributed by atoms with Crippen molar-refractivity contribution >= 4 is 17.6 Å². The van der Waals surface area contributed by atoms with Crippen LogP contribution in [0.2, 0.25) is 0 Å². The number of piperazine rings is 1. The molecular formula is C40H37N3O5. The van der Waals surface area contributed by atoms with Gasteiger partial charge in [0, 0.05) is 31.7 Å². The second kappa shape index (κ2) is 15.2. The molecule has 1 heterocycles. The van der Waals surface area contributed by atoms with Crippen molar-refractivity contribution in [3.63, 3.8) is 0 Å². The summed E-state index contributed by atoms with van der Waals surface area (Å²) < 4.78 is 6.08. The third-order valence-corrected chi connectivity index (χ3v) is 8.41. The standard InChI is InChI=1S/C40H37N3O5/c1-29(41-47-28-38(44)45)30-12-14-31(15-13-30)32-16-20-36(21-17-32)48-37-22-18-35(19-23-37)40(46)43-26-24-42(25-27-43)39(33-8-4-2-5-9-33)34-10-6-3-7-11-34/h2-23,39H,24-28H2,1H3,(H,44,45). The van der Waals surface area contributed by atoms with Gasteiger partial charge in [0.15, 0.2) is 0 Å². The van der Waals surface area contributed by atoms with Gasteiger partial charge in [0.25, 0.3) is 5.91 Å². The smallest absolute Gasteiger partial charge is 0.344 e. The Morgan fingerprint density at radius 1 is 0.667 bits per heavy atom. The molecule has 48 heavy (non-hydrogen) atoms. The largest absolute Gasteiger partial charge is 0.479 e. The van der Waals surface area contributed by atoms with Crippen LogP contribution >= 0.6 is 0 Å². The predicted molar refractivity (Wildman–Crippen MR) is 186 cm³/mol. The highest BCUT2D eigenvalue weighted by Crippen LogP contribution is 2.30. The zero-order valence-corrected chi connectivity index (χ0v) is 26.7. The van der Waals surface area contributed by atoms with E-state index in [1.165, 1.54) is 11.1 Å². The SMILES string of the molecule is CC(=NOCC(=O)O)c1ccc(-c2ccc(Oc3ccc(C(=O)N4CCN(C(c5ccccc5)c5ccccc5)CC4)cc3)cc2)cc1. The molecule has 1 aliphatic rings. The molecule has 1 aliphatic heterocycles. The van der Waals surface area contributed by atoms with Gasteiger partial charge >= 0.3 is 5.97 Å². The molecule has 0 aromatic heterocycles. The molecule has 5 aromatic rings. The Bertz CT molecular complexity index is 1790. The molecule has 1 N–H and O–H groups in total. The van der Waals surface area contributed by atoms with Crippen molar-refractivity contribution in [3.05, 3.63) is 156 Å². The number of oxime groups is 1. The Kier molecular flexibility index (Phi) is 10.2. The molecule has 0 unspecified atom stereocenters. The summed E-state index contributed by atoms with van der Waals surface area (Å²) in [7, 11) is 0. The molecule has 1 fully saturated rings. The Morgan fingerprint density at radius 2 is 1.15 bits per heavy atom. The third kappa shape index (κ3) is 7.97. The van der Waals surface area contributed by atoms with Crippen LogP contribution in [0.15, 0.2) is 139 Å². The second-order valence-electron chi connectivity index (χ2n) is 11.6. The Hall–Kier alpha value is -5.73. The number of nitrogens with zero attached hydrogens (tertiary/aromatic N) is 3. The molecule has 5 aromatic carbocycles. The van der Waals surface area contributed by atoms with Crippen molar-refractivity contribution < 1.29 is 24.3 Å². The summed E-state index contributed by atoms with van der Waals surface area (Å²) in [5, 5.41) is 12.5. The molecular weight excluding hydrogens is 602 g/mol. The second-order valence-corrected chi connectivity index (χ2v) is 11.6. The quantitative estimate of drug-likeness (QED) is 0.119. The van der Waals surface area contributed by atoms with Crippen LogP contribution in [0.1, 0.15) is 40.0 Å². The average Bonchev–Trinajstić information content (AvgIpc) is 3.13. The number of aliphatic carboxylic acids is 1. The Balaban J connectivity index is 1.03.